The molecule has 3 rings (SSSR count). The zero-order chi connectivity index (χ0) is 23.1. The Bertz CT molecular complexity index is 920. The van der Waals surface area contributed by atoms with E-state index in [9.17, 15) is 13.2 Å². The van der Waals surface area contributed by atoms with Crippen LogP contribution in [-0.4, -0.2) is 50.9 Å². The standard InChI is InChI=1S/C23H37N5O3S/c1-2-17-11-14-28(15-12-17)22(29)21(8-5-13-26-23(24)25)27-32(30,31)20-10-9-18-6-3-4-7-19(18)16-20/h9-10,16-17,21,27H,2-8,11-15H2,1H3,(H4,24,25,26). The Balaban J connectivity index is 1.74. The average Bonchev–Trinajstić information content (AvgIpc) is 2.80. The number of carbonyl (C=O) groups excluding carboxylic acids is 1. The highest BCUT2D eigenvalue weighted by Gasteiger charge is 2.31. The van der Waals surface area contributed by atoms with E-state index < -0.39 is 16.1 Å². The molecule has 1 unspecified atom stereocenters. The second-order valence-corrected chi connectivity index (χ2v) is 10.7. The summed E-state index contributed by atoms with van der Waals surface area (Å²) in [5.74, 6) is 0.460. The van der Waals surface area contributed by atoms with Gasteiger partial charge in [-0.2, -0.15) is 4.72 Å². The molecule has 1 heterocycles. The first kappa shape index (κ1) is 24.5. The van der Waals surface area contributed by atoms with Crippen LogP contribution in [0.3, 0.4) is 0 Å². The quantitative estimate of drug-likeness (QED) is 0.292. The first-order valence-electron chi connectivity index (χ1n) is 11.8. The van der Waals surface area contributed by atoms with Gasteiger partial charge in [-0.05, 0) is 80.5 Å². The van der Waals surface area contributed by atoms with E-state index in [1.807, 2.05) is 6.07 Å². The third-order valence-corrected chi connectivity index (χ3v) is 8.14. The van der Waals surface area contributed by atoms with E-state index in [-0.39, 0.29) is 16.8 Å². The van der Waals surface area contributed by atoms with Crippen molar-refractivity contribution in [2.45, 2.75) is 75.6 Å². The smallest absolute Gasteiger partial charge is 0.241 e. The molecular formula is C23H37N5O3S. The number of nitrogens with zero attached hydrogens (tertiary/aromatic N) is 2. The van der Waals surface area contributed by atoms with Crippen molar-refractivity contribution in [2.75, 3.05) is 19.6 Å². The predicted molar refractivity (Wildman–Crippen MR) is 127 cm³/mol. The van der Waals surface area contributed by atoms with Gasteiger partial charge in [-0.3, -0.25) is 9.79 Å². The Labute approximate surface area is 191 Å². The molecule has 1 saturated heterocycles. The minimum Gasteiger partial charge on any atom is -0.370 e. The van der Waals surface area contributed by atoms with Crippen molar-refractivity contribution >= 4 is 21.9 Å². The van der Waals surface area contributed by atoms with Gasteiger partial charge in [0.05, 0.1) is 4.90 Å². The normalized spacial score (nSPS) is 18.1. The van der Waals surface area contributed by atoms with E-state index in [1.54, 1.807) is 17.0 Å². The summed E-state index contributed by atoms with van der Waals surface area (Å²) >= 11 is 0. The van der Waals surface area contributed by atoms with Gasteiger partial charge in [0, 0.05) is 19.6 Å². The summed E-state index contributed by atoms with van der Waals surface area (Å²) in [7, 11) is -3.83. The number of aryl methyl sites for hydroxylation is 2. The number of aliphatic imine (C=N–C) groups is 1. The first-order valence-corrected chi connectivity index (χ1v) is 13.3. The van der Waals surface area contributed by atoms with Crippen molar-refractivity contribution in [2.24, 2.45) is 22.4 Å². The second-order valence-electron chi connectivity index (χ2n) is 8.94. The molecule has 0 saturated carbocycles. The third kappa shape index (κ3) is 6.45. The molecule has 0 bridgehead atoms. The van der Waals surface area contributed by atoms with Crippen LogP contribution in [0.15, 0.2) is 28.1 Å². The van der Waals surface area contributed by atoms with Crippen LogP contribution in [0, 0.1) is 5.92 Å². The minimum atomic E-state index is -3.83. The summed E-state index contributed by atoms with van der Waals surface area (Å²) < 4.78 is 29.1. The number of hydrogen-bond donors (Lipinski definition) is 3. The average molecular weight is 464 g/mol. The molecule has 32 heavy (non-hydrogen) atoms. The Morgan fingerprint density at radius 1 is 1.19 bits per heavy atom. The van der Waals surface area contributed by atoms with Crippen LogP contribution in [0.4, 0.5) is 0 Å². The molecule has 1 fully saturated rings. The molecular weight excluding hydrogens is 426 g/mol. The molecule has 9 heteroatoms. The van der Waals surface area contributed by atoms with Crippen LogP contribution in [0.2, 0.25) is 0 Å². The van der Waals surface area contributed by atoms with Crippen LogP contribution in [0.1, 0.15) is 63.0 Å². The van der Waals surface area contributed by atoms with Gasteiger partial charge in [0.15, 0.2) is 5.96 Å². The molecule has 1 amide bonds. The molecule has 1 aromatic carbocycles. The number of nitrogens with two attached hydrogens (primary N) is 2. The zero-order valence-corrected chi connectivity index (χ0v) is 19.9. The molecule has 5 N–H and O–H groups in total. The van der Waals surface area contributed by atoms with Crippen LogP contribution in [0.5, 0.6) is 0 Å². The number of nitrogens with one attached hydrogen (secondary N) is 1. The summed E-state index contributed by atoms with van der Waals surface area (Å²) in [4.78, 5) is 19.3. The first-order chi connectivity index (χ1) is 15.3. The van der Waals surface area contributed by atoms with Crippen molar-refractivity contribution in [1.82, 2.24) is 9.62 Å². The molecule has 0 aromatic heterocycles. The van der Waals surface area contributed by atoms with Crippen molar-refractivity contribution in [3.63, 3.8) is 0 Å². The third-order valence-electron chi connectivity index (χ3n) is 6.67. The fraction of sp³-hybridized carbons (Fsp3) is 0.652. The maximum absolute atomic E-state index is 13.3. The summed E-state index contributed by atoms with van der Waals surface area (Å²) in [5, 5.41) is 0. The molecule has 0 radical (unpaired) electrons. The lowest BCUT2D eigenvalue weighted by molar-refractivity contribution is -0.134. The SMILES string of the molecule is CCC1CCN(C(=O)C(CCCN=C(N)N)NS(=O)(=O)c2ccc3c(c2)CCCC3)CC1. The van der Waals surface area contributed by atoms with Gasteiger partial charge < -0.3 is 16.4 Å². The number of piperidine rings is 1. The Kier molecular flexibility index (Phi) is 8.53. The van der Waals surface area contributed by atoms with Crippen molar-refractivity contribution in [1.29, 1.82) is 0 Å². The minimum absolute atomic E-state index is 0.0100. The van der Waals surface area contributed by atoms with E-state index in [0.29, 0.717) is 38.4 Å². The van der Waals surface area contributed by atoms with Gasteiger partial charge in [0.2, 0.25) is 15.9 Å². The zero-order valence-electron chi connectivity index (χ0n) is 19.1. The van der Waals surface area contributed by atoms with Gasteiger partial charge in [-0.25, -0.2) is 8.42 Å². The van der Waals surface area contributed by atoms with Gasteiger partial charge in [-0.15, -0.1) is 0 Å². The summed E-state index contributed by atoms with van der Waals surface area (Å²) in [6.07, 6.45) is 7.96. The van der Waals surface area contributed by atoms with Crippen molar-refractivity contribution < 1.29 is 13.2 Å². The predicted octanol–water partition coefficient (Wildman–Crippen LogP) is 1.91. The molecule has 1 atom stereocenters. The van der Waals surface area contributed by atoms with E-state index in [0.717, 1.165) is 50.5 Å². The Morgan fingerprint density at radius 2 is 1.88 bits per heavy atom. The van der Waals surface area contributed by atoms with E-state index in [2.05, 4.69) is 16.6 Å². The number of rotatable bonds is 9. The van der Waals surface area contributed by atoms with Crippen LogP contribution < -0.4 is 16.2 Å². The number of amides is 1. The van der Waals surface area contributed by atoms with E-state index in [4.69, 9.17) is 11.5 Å². The van der Waals surface area contributed by atoms with Gasteiger partial charge in [0.1, 0.15) is 6.04 Å². The fourth-order valence-electron chi connectivity index (χ4n) is 4.65. The number of likely N-dealkylation sites (tertiary alicyclic amines) is 1. The van der Waals surface area contributed by atoms with Gasteiger partial charge in [0.25, 0.3) is 0 Å². The molecule has 1 aliphatic heterocycles. The molecule has 1 aromatic rings. The highest BCUT2D eigenvalue weighted by Crippen LogP contribution is 2.25. The highest BCUT2D eigenvalue weighted by molar-refractivity contribution is 7.89. The summed E-state index contributed by atoms with van der Waals surface area (Å²) in [6, 6.07) is 4.50. The lowest BCUT2D eigenvalue weighted by atomic mass is 9.92. The number of sulfonamides is 1. The number of hydrogen-bond acceptors (Lipinski definition) is 4. The van der Waals surface area contributed by atoms with Gasteiger partial charge in [-0.1, -0.05) is 19.4 Å². The van der Waals surface area contributed by atoms with Gasteiger partial charge >= 0.3 is 0 Å². The summed E-state index contributed by atoms with van der Waals surface area (Å²) in [5.41, 5.74) is 13.1. The molecule has 178 valence electrons. The monoisotopic (exact) mass is 463 g/mol. The van der Waals surface area contributed by atoms with Crippen LogP contribution in [-0.2, 0) is 27.7 Å². The molecule has 0 spiro atoms. The number of benzene rings is 1. The lowest BCUT2D eigenvalue weighted by Crippen LogP contribution is -2.50. The molecule has 8 nitrogen and oxygen atoms in total. The van der Waals surface area contributed by atoms with Crippen LogP contribution in [0.25, 0.3) is 0 Å². The lowest BCUT2D eigenvalue weighted by Gasteiger charge is -2.34. The number of fused-ring (bicyclic) bond motifs is 1. The topological polar surface area (TPSA) is 131 Å². The van der Waals surface area contributed by atoms with Crippen molar-refractivity contribution in [3.05, 3.63) is 29.3 Å². The van der Waals surface area contributed by atoms with E-state index >= 15 is 0 Å². The maximum atomic E-state index is 13.3. The van der Waals surface area contributed by atoms with E-state index in [1.165, 1.54) is 5.56 Å². The van der Waals surface area contributed by atoms with Crippen LogP contribution >= 0.6 is 0 Å². The van der Waals surface area contributed by atoms with Crippen molar-refractivity contribution in [3.8, 4) is 0 Å². The Morgan fingerprint density at radius 3 is 2.53 bits per heavy atom. The highest BCUT2D eigenvalue weighted by atomic mass is 32.2. The fourth-order valence-corrected chi connectivity index (χ4v) is 5.92. The molecule has 1 aliphatic carbocycles. The second kappa shape index (κ2) is 11.1. The summed E-state index contributed by atoms with van der Waals surface area (Å²) in [6.45, 7) is 3.86. The largest absolute Gasteiger partial charge is 0.370 e. The number of carbonyl (C=O) groups is 1. The number of guanidine groups is 1. The maximum Gasteiger partial charge on any atom is 0.241 e. The molecule has 2 aliphatic rings. The Hall–Kier alpha value is -2.13.